The monoisotopic (exact) mass is 292 g/mol. The first kappa shape index (κ1) is 15.5. The number of piperazine rings is 1. The first-order valence-electron chi connectivity index (χ1n) is 7.23. The average Bonchev–Trinajstić information content (AvgIpc) is 2.43. The lowest BCUT2D eigenvalue weighted by Gasteiger charge is -2.44. The third-order valence-corrected chi connectivity index (χ3v) is 3.96. The predicted molar refractivity (Wildman–Crippen MR) is 77.9 cm³/mol. The summed E-state index contributed by atoms with van der Waals surface area (Å²) in [5, 5.41) is 2.76. The van der Waals surface area contributed by atoms with E-state index >= 15 is 0 Å². The Bertz CT molecular complexity index is 557. The molecule has 1 aliphatic rings. The highest BCUT2D eigenvalue weighted by atomic mass is 19.1. The topological polar surface area (TPSA) is 49.4 Å². The van der Waals surface area contributed by atoms with E-state index < -0.39 is 11.6 Å². The third-order valence-electron chi connectivity index (χ3n) is 3.96. The van der Waals surface area contributed by atoms with Gasteiger partial charge in [-0.25, -0.2) is 4.39 Å². The van der Waals surface area contributed by atoms with Crippen LogP contribution in [0.5, 0.6) is 0 Å². The Morgan fingerprint density at radius 2 is 1.95 bits per heavy atom. The molecule has 0 spiro atoms. The maximum absolute atomic E-state index is 13.8. The van der Waals surface area contributed by atoms with E-state index in [0.717, 1.165) is 6.42 Å². The van der Waals surface area contributed by atoms with Crippen molar-refractivity contribution in [2.45, 2.75) is 51.7 Å². The molecule has 2 amide bonds. The van der Waals surface area contributed by atoms with Gasteiger partial charge in [0.1, 0.15) is 17.4 Å². The fraction of sp³-hybridized carbons (Fsp3) is 0.500. The van der Waals surface area contributed by atoms with Crippen LogP contribution in [0.2, 0.25) is 0 Å². The highest BCUT2D eigenvalue weighted by Crippen LogP contribution is 2.25. The molecule has 1 N–H and O–H groups in total. The molecule has 0 saturated carbocycles. The van der Waals surface area contributed by atoms with Crippen LogP contribution in [0.4, 0.5) is 4.39 Å². The molecule has 0 aliphatic carbocycles. The minimum absolute atomic E-state index is 0.103. The van der Waals surface area contributed by atoms with Gasteiger partial charge in [-0.1, -0.05) is 31.5 Å². The molecule has 1 aromatic rings. The zero-order valence-electron chi connectivity index (χ0n) is 12.6. The van der Waals surface area contributed by atoms with Crippen molar-refractivity contribution in [2.24, 2.45) is 0 Å². The summed E-state index contributed by atoms with van der Waals surface area (Å²) in [6.45, 7) is 5.43. The molecule has 1 aromatic carbocycles. The second kappa shape index (κ2) is 5.84. The molecular weight excluding hydrogens is 271 g/mol. The van der Waals surface area contributed by atoms with Crippen molar-refractivity contribution in [1.82, 2.24) is 10.2 Å². The number of rotatable bonds is 4. The fourth-order valence-corrected chi connectivity index (χ4v) is 2.54. The van der Waals surface area contributed by atoms with Crippen LogP contribution in [0.25, 0.3) is 0 Å². The van der Waals surface area contributed by atoms with Gasteiger partial charge >= 0.3 is 0 Å². The smallest absolute Gasteiger partial charge is 0.246 e. The first-order valence-corrected chi connectivity index (χ1v) is 7.23. The number of carbonyl (C=O) groups is 2. The molecule has 1 aliphatic heterocycles. The van der Waals surface area contributed by atoms with Gasteiger partial charge in [0.2, 0.25) is 11.8 Å². The lowest BCUT2D eigenvalue weighted by Crippen LogP contribution is -2.67. The summed E-state index contributed by atoms with van der Waals surface area (Å²) >= 11 is 0. The van der Waals surface area contributed by atoms with Crippen LogP contribution in [0.3, 0.4) is 0 Å². The number of benzene rings is 1. The summed E-state index contributed by atoms with van der Waals surface area (Å²) in [6.07, 6.45) is 1.39. The van der Waals surface area contributed by atoms with Gasteiger partial charge in [0, 0.05) is 12.1 Å². The van der Waals surface area contributed by atoms with Gasteiger partial charge in [0.15, 0.2) is 0 Å². The number of hydrogen-bond donors (Lipinski definition) is 1. The summed E-state index contributed by atoms with van der Waals surface area (Å²) < 4.78 is 13.8. The van der Waals surface area contributed by atoms with Gasteiger partial charge in [-0.05, 0) is 26.3 Å². The molecular formula is C16H21FN2O2. The van der Waals surface area contributed by atoms with Crippen LogP contribution in [-0.2, 0) is 16.1 Å². The average molecular weight is 292 g/mol. The number of carbonyl (C=O) groups excluding carboxylic acids is 2. The van der Waals surface area contributed by atoms with Crippen molar-refractivity contribution < 1.29 is 14.0 Å². The molecule has 0 bridgehead atoms. The summed E-state index contributed by atoms with van der Waals surface area (Å²) in [4.78, 5) is 26.3. The van der Waals surface area contributed by atoms with Crippen molar-refractivity contribution in [3.63, 3.8) is 0 Å². The molecule has 1 fully saturated rings. The maximum Gasteiger partial charge on any atom is 0.246 e. The Kier molecular flexibility index (Phi) is 4.30. The quantitative estimate of drug-likeness (QED) is 0.925. The molecule has 0 aromatic heterocycles. The van der Waals surface area contributed by atoms with E-state index in [9.17, 15) is 14.0 Å². The van der Waals surface area contributed by atoms with E-state index in [1.165, 1.54) is 11.0 Å². The van der Waals surface area contributed by atoms with E-state index in [0.29, 0.717) is 12.0 Å². The van der Waals surface area contributed by atoms with Gasteiger partial charge in [0.05, 0.1) is 0 Å². The molecule has 4 nitrogen and oxygen atoms in total. The normalized spacial score (nSPS) is 21.3. The number of nitrogens with zero attached hydrogens (tertiary/aromatic N) is 1. The lowest BCUT2D eigenvalue weighted by molar-refractivity contribution is -0.156. The van der Waals surface area contributed by atoms with Crippen LogP contribution >= 0.6 is 0 Å². The van der Waals surface area contributed by atoms with Crippen LogP contribution in [0.1, 0.15) is 39.2 Å². The standard InChI is InChI=1S/C16H21FN2O2/c1-4-7-13-14(20)19(16(2,3)15(21)18-13)10-11-8-5-6-9-12(11)17/h5-6,8-9,13H,4,7,10H2,1-3H3,(H,18,21). The van der Waals surface area contributed by atoms with Crippen LogP contribution in [0.15, 0.2) is 24.3 Å². The van der Waals surface area contributed by atoms with Crippen molar-refractivity contribution >= 4 is 11.8 Å². The Morgan fingerprint density at radius 3 is 2.57 bits per heavy atom. The minimum Gasteiger partial charge on any atom is -0.342 e. The molecule has 0 radical (unpaired) electrons. The third kappa shape index (κ3) is 2.91. The Hall–Kier alpha value is -1.91. The van der Waals surface area contributed by atoms with E-state index in [1.807, 2.05) is 6.92 Å². The molecule has 21 heavy (non-hydrogen) atoms. The lowest BCUT2D eigenvalue weighted by atomic mass is 9.93. The number of amides is 2. The van der Waals surface area contributed by atoms with Crippen LogP contribution in [0, 0.1) is 5.82 Å². The van der Waals surface area contributed by atoms with Crippen LogP contribution < -0.4 is 5.32 Å². The SMILES string of the molecule is CCCC1NC(=O)C(C)(C)N(Cc2ccccc2F)C1=O. The van der Waals surface area contributed by atoms with Crippen LogP contribution in [-0.4, -0.2) is 28.3 Å². The van der Waals surface area contributed by atoms with Crippen molar-refractivity contribution in [3.8, 4) is 0 Å². The zero-order valence-corrected chi connectivity index (χ0v) is 12.6. The Balaban J connectivity index is 2.30. The van der Waals surface area contributed by atoms with Gasteiger partial charge in [-0.2, -0.15) is 0 Å². The largest absolute Gasteiger partial charge is 0.342 e. The Labute approximate surface area is 124 Å². The highest BCUT2D eigenvalue weighted by molar-refractivity contribution is 5.99. The molecule has 2 rings (SSSR count). The molecule has 5 heteroatoms. The highest BCUT2D eigenvalue weighted by Gasteiger charge is 2.45. The summed E-state index contributed by atoms with van der Waals surface area (Å²) in [5.74, 6) is -0.708. The zero-order chi connectivity index (χ0) is 15.6. The number of nitrogens with one attached hydrogen (secondary N) is 1. The summed E-state index contributed by atoms with van der Waals surface area (Å²) in [5.41, 5.74) is -0.562. The molecule has 114 valence electrons. The van der Waals surface area contributed by atoms with Crippen molar-refractivity contribution in [1.29, 1.82) is 0 Å². The fourth-order valence-electron chi connectivity index (χ4n) is 2.54. The van der Waals surface area contributed by atoms with Gasteiger partial charge < -0.3 is 10.2 Å². The second-order valence-corrected chi connectivity index (χ2v) is 5.89. The van der Waals surface area contributed by atoms with Gasteiger partial charge in [-0.15, -0.1) is 0 Å². The van der Waals surface area contributed by atoms with E-state index in [-0.39, 0.29) is 24.2 Å². The Morgan fingerprint density at radius 1 is 1.29 bits per heavy atom. The van der Waals surface area contributed by atoms with Crippen molar-refractivity contribution in [2.75, 3.05) is 0 Å². The number of hydrogen-bond acceptors (Lipinski definition) is 2. The predicted octanol–water partition coefficient (Wildman–Crippen LogP) is 2.23. The second-order valence-electron chi connectivity index (χ2n) is 5.89. The summed E-state index contributed by atoms with van der Waals surface area (Å²) in [6, 6.07) is 5.82. The molecule has 1 unspecified atom stereocenters. The maximum atomic E-state index is 13.8. The molecule has 1 saturated heterocycles. The first-order chi connectivity index (χ1) is 9.87. The van der Waals surface area contributed by atoms with Gasteiger partial charge in [-0.3, -0.25) is 9.59 Å². The summed E-state index contributed by atoms with van der Waals surface area (Å²) in [7, 11) is 0. The number of halogens is 1. The van der Waals surface area contributed by atoms with E-state index in [2.05, 4.69) is 5.32 Å². The van der Waals surface area contributed by atoms with Gasteiger partial charge in [0.25, 0.3) is 0 Å². The molecule has 1 atom stereocenters. The molecule has 1 heterocycles. The minimum atomic E-state index is -0.983. The van der Waals surface area contributed by atoms with E-state index in [1.54, 1.807) is 32.0 Å². The van der Waals surface area contributed by atoms with Crippen molar-refractivity contribution in [3.05, 3.63) is 35.6 Å². The van der Waals surface area contributed by atoms with E-state index in [4.69, 9.17) is 0 Å².